The predicted molar refractivity (Wildman–Crippen MR) is 137 cm³/mol. The summed E-state index contributed by atoms with van der Waals surface area (Å²) in [6, 6.07) is 16.2. The van der Waals surface area contributed by atoms with Gasteiger partial charge < -0.3 is 25.2 Å². The highest BCUT2D eigenvalue weighted by atomic mass is 16.5. The predicted octanol–water partition coefficient (Wildman–Crippen LogP) is 4.24. The fourth-order valence-electron chi connectivity index (χ4n) is 3.46. The van der Waals surface area contributed by atoms with Crippen molar-refractivity contribution in [2.75, 3.05) is 31.3 Å². The summed E-state index contributed by atoms with van der Waals surface area (Å²) in [4.78, 5) is 27.2. The summed E-state index contributed by atoms with van der Waals surface area (Å²) in [6.45, 7) is 3.80. The normalized spacial score (nSPS) is 11.8. The lowest BCUT2D eigenvalue weighted by Crippen LogP contribution is -2.21. The first-order valence-electron chi connectivity index (χ1n) is 11.6. The Labute approximate surface area is 209 Å². The van der Waals surface area contributed by atoms with Gasteiger partial charge in [0.2, 0.25) is 5.95 Å². The zero-order valence-corrected chi connectivity index (χ0v) is 20.6. The van der Waals surface area contributed by atoms with Crippen LogP contribution in [0.2, 0.25) is 0 Å². The zero-order valence-electron chi connectivity index (χ0n) is 20.6. The summed E-state index contributed by atoms with van der Waals surface area (Å²) in [5.41, 5.74) is 2.70. The van der Waals surface area contributed by atoms with E-state index in [1.165, 1.54) is 4.90 Å². The first kappa shape index (κ1) is 24.8. The van der Waals surface area contributed by atoms with Gasteiger partial charge in [-0.05, 0) is 29.8 Å². The molecule has 10 heteroatoms. The van der Waals surface area contributed by atoms with Gasteiger partial charge >= 0.3 is 0 Å². The van der Waals surface area contributed by atoms with Crippen molar-refractivity contribution in [1.29, 1.82) is 0 Å². The SMILES string of the molecule is CC(C)c1noc(-c2cnc(Nc3ccc(C(=O)N(C)C)cc3)nc2N[C@H](CO)c2ccccc2)n1. The van der Waals surface area contributed by atoms with Crippen LogP contribution in [0.4, 0.5) is 17.5 Å². The molecule has 0 radical (unpaired) electrons. The van der Waals surface area contributed by atoms with E-state index in [2.05, 4.69) is 30.7 Å². The second-order valence-electron chi connectivity index (χ2n) is 8.76. The Morgan fingerprint density at radius 2 is 1.78 bits per heavy atom. The average molecular weight is 488 g/mol. The number of nitrogens with zero attached hydrogens (tertiary/aromatic N) is 5. The van der Waals surface area contributed by atoms with Crippen molar-refractivity contribution in [3.63, 3.8) is 0 Å². The van der Waals surface area contributed by atoms with Gasteiger partial charge in [-0.3, -0.25) is 4.79 Å². The average Bonchev–Trinajstić information content (AvgIpc) is 3.38. The van der Waals surface area contributed by atoms with Crippen LogP contribution in [0.3, 0.4) is 0 Å². The molecule has 3 N–H and O–H groups in total. The molecule has 0 aliphatic rings. The second-order valence-corrected chi connectivity index (χ2v) is 8.76. The summed E-state index contributed by atoms with van der Waals surface area (Å²) in [5.74, 6) is 1.62. The first-order chi connectivity index (χ1) is 17.4. The van der Waals surface area contributed by atoms with Crippen LogP contribution in [-0.2, 0) is 0 Å². The smallest absolute Gasteiger partial charge is 0.263 e. The molecular formula is C26H29N7O3. The first-order valence-corrected chi connectivity index (χ1v) is 11.6. The van der Waals surface area contributed by atoms with E-state index in [-0.39, 0.29) is 24.3 Å². The monoisotopic (exact) mass is 487 g/mol. The van der Waals surface area contributed by atoms with Crippen LogP contribution in [-0.4, -0.2) is 56.7 Å². The molecule has 4 rings (SSSR count). The number of carbonyl (C=O) groups excluding carboxylic acids is 1. The van der Waals surface area contributed by atoms with Crippen molar-refractivity contribution in [1.82, 2.24) is 25.0 Å². The molecule has 0 fully saturated rings. The van der Waals surface area contributed by atoms with Gasteiger partial charge in [0.1, 0.15) is 11.4 Å². The van der Waals surface area contributed by atoms with Gasteiger partial charge in [0, 0.05) is 37.5 Å². The van der Waals surface area contributed by atoms with Crippen LogP contribution in [0.1, 0.15) is 47.6 Å². The van der Waals surface area contributed by atoms with Crippen LogP contribution in [0, 0.1) is 0 Å². The van der Waals surface area contributed by atoms with Gasteiger partial charge in [0.15, 0.2) is 5.82 Å². The van der Waals surface area contributed by atoms with Gasteiger partial charge in [-0.25, -0.2) is 4.98 Å². The number of rotatable bonds is 9. The number of nitrogens with one attached hydrogen (secondary N) is 2. The standard InChI is InChI=1S/C26H29N7O3/c1-16(2)22-30-24(36-32-22)20-14-27-26(28-19-12-10-18(11-13-19)25(35)33(3)4)31-23(20)29-21(15-34)17-8-6-5-7-9-17/h5-14,16,21,34H,15H2,1-4H3,(H2,27,28,29,31)/t21-/m1/s1. The van der Waals surface area contributed by atoms with Gasteiger partial charge in [-0.15, -0.1) is 0 Å². The molecule has 36 heavy (non-hydrogen) atoms. The number of amides is 1. The lowest BCUT2D eigenvalue weighted by atomic mass is 10.1. The maximum Gasteiger partial charge on any atom is 0.263 e. The van der Waals surface area contributed by atoms with E-state index in [1.54, 1.807) is 44.6 Å². The molecule has 4 aromatic rings. The Kier molecular flexibility index (Phi) is 7.55. The molecule has 0 bridgehead atoms. The molecule has 2 heterocycles. The molecule has 2 aromatic heterocycles. The van der Waals surface area contributed by atoms with E-state index in [4.69, 9.17) is 4.52 Å². The molecule has 0 aliphatic heterocycles. The second kappa shape index (κ2) is 11.0. The third-order valence-corrected chi connectivity index (χ3v) is 5.47. The van der Waals surface area contributed by atoms with Gasteiger partial charge in [-0.1, -0.05) is 49.3 Å². The highest BCUT2D eigenvalue weighted by Gasteiger charge is 2.20. The molecule has 0 saturated heterocycles. The zero-order chi connectivity index (χ0) is 25.7. The summed E-state index contributed by atoms with van der Waals surface area (Å²) < 4.78 is 5.49. The molecule has 10 nitrogen and oxygen atoms in total. The number of aliphatic hydroxyl groups excluding tert-OH is 1. The molecule has 1 atom stereocenters. The Morgan fingerprint density at radius 3 is 2.39 bits per heavy atom. The summed E-state index contributed by atoms with van der Waals surface area (Å²) >= 11 is 0. The van der Waals surface area contributed by atoms with Crippen LogP contribution in [0.5, 0.6) is 0 Å². The molecule has 0 aliphatic carbocycles. The van der Waals surface area contributed by atoms with Crippen molar-refractivity contribution < 1.29 is 14.4 Å². The molecular weight excluding hydrogens is 458 g/mol. The van der Waals surface area contributed by atoms with Crippen molar-refractivity contribution in [2.45, 2.75) is 25.8 Å². The number of hydrogen-bond acceptors (Lipinski definition) is 9. The highest BCUT2D eigenvalue weighted by molar-refractivity contribution is 5.94. The maximum absolute atomic E-state index is 12.2. The number of aliphatic hydroxyl groups is 1. The maximum atomic E-state index is 12.2. The van der Waals surface area contributed by atoms with Crippen LogP contribution >= 0.6 is 0 Å². The van der Waals surface area contributed by atoms with Crippen molar-refractivity contribution in [3.05, 3.63) is 77.7 Å². The molecule has 0 spiro atoms. The Balaban J connectivity index is 1.66. The third-order valence-electron chi connectivity index (χ3n) is 5.47. The van der Waals surface area contributed by atoms with Crippen molar-refractivity contribution >= 4 is 23.4 Å². The topological polar surface area (TPSA) is 129 Å². The third kappa shape index (κ3) is 5.66. The number of carbonyl (C=O) groups is 1. The molecule has 1 amide bonds. The van der Waals surface area contributed by atoms with E-state index in [0.29, 0.717) is 34.4 Å². The Hall–Kier alpha value is -4.31. The van der Waals surface area contributed by atoms with Crippen LogP contribution in [0.25, 0.3) is 11.5 Å². The van der Waals surface area contributed by atoms with Gasteiger partial charge in [0.05, 0.1) is 12.6 Å². The minimum absolute atomic E-state index is 0.0788. The van der Waals surface area contributed by atoms with E-state index in [9.17, 15) is 9.90 Å². The number of anilines is 3. The van der Waals surface area contributed by atoms with E-state index in [0.717, 1.165) is 5.56 Å². The molecule has 0 saturated carbocycles. The van der Waals surface area contributed by atoms with Crippen LogP contribution < -0.4 is 10.6 Å². The van der Waals surface area contributed by atoms with Crippen molar-refractivity contribution in [2.24, 2.45) is 0 Å². The van der Waals surface area contributed by atoms with Crippen molar-refractivity contribution in [3.8, 4) is 11.5 Å². The Morgan fingerprint density at radius 1 is 1.06 bits per heavy atom. The minimum atomic E-state index is -0.420. The molecule has 0 unspecified atom stereocenters. The van der Waals surface area contributed by atoms with Crippen LogP contribution in [0.15, 0.2) is 65.3 Å². The highest BCUT2D eigenvalue weighted by Crippen LogP contribution is 2.30. The fourth-order valence-corrected chi connectivity index (χ4v) is 3.46. The summed E-state index contributed by atoms with van der Waals surface area (Å²) in [6.07, 6.45) is 1.60. The van der Waals surface area contributed by atoms with E-state index < -0.39 is 6.04 Å². The van der Waals surface area contributed by atoms with Gasteiger partial charge in [-0.2, -0.15) is 9.97 Å². The molecule has 186 valence electrons. The number of aromatic nitrogens is 4. The lowest BCUT2D eigenvalue weighted by molar-refractivity contribution is 0.0827. The van der Waals surface area contributed by atoms with E-state index in [1.807, 2.05) is 44.2 Å². The number of hydrogen-bond donors (Lipinski definition) is 3. The summed E-state index contributed by atoms with van der Waals surface area (Å²) in [5, 5.41) is 20.6. The number of benzene rings is 2. The Bertz CT molecular complexity index is 1300. The van der Waals surface area contributed by atoms with E-state index >= 15 is 0 Å². The molecule has 2 aromatic carbocycles. The quantitative estimate of drug-likeness (QED) is 0.317. The van der Waals surface area contributed by atoms with Gasteiger partial charge in [0.25, 0.3) is 11.8 Å². The fraction of sp³-hybridized carbons (Fsp3) is 0.269. The minimum Gasteiger partial charge on any atom is -0.394 e. The largest absolute Gasteiger partial charge is 0.394 e. The summed E-state index contributed by atoms with van der Waals surface area (Å²) in [7, 11) is 3.42. The lowest BCUT2D eigenvalue weighted by Gasteiger charge is -2.19.